The minimum absolute atomic E-state index is 0. The van der Waals surface area contributed by atoms with Crippen molar-refractivity contribution in [2.75, 3.05) is 7.05 Å². The second-order valence-electron chi connectivity index (χ2n) is 5.82. The summed E-state index contributed by atoms with van der Waals surface area (Å²) in [5.41, 5.74) is 10.0. The van der Waals surface area contributed by atoms with Gasteiger partial charge in [0, 0.05) is 39.8 Å². The molecule has 1 amide bonds. The number of nitrogens with one attached hydrogen (secondary N) is 3. The molecule has 0 fully saturated rings. The zero-order valence-corrected chi connectivity index (χ0v) is 27.2. The Bertz CT molecular complexity index is 978. The number of aryl methyl sites for hydroxylation is 1. The predicted octanol–water partition coefficient (Wildman–Crippen LogP) is 6.71. The predicted molar refractivity (Wildman–Crippen MR) is 150 cm³/mol. The first-order valence-corrected chi connectivity index (χ1v) is 13.2. The normalized spacial score (nSPS) is 9.66. The number of carbonyl (C=O) groups excluding carboxylic acids is 1. The van der Waals surface area contributed by atoms with Gasteiger partial charge in [0.2, 0.25) is 10.0 Å². The van der Waals surface area contributed by atoms with Gasteiger partial charge in [-0.3, -0.25) is 4.72 Å². The molecular weight excluding hydrogens is 555 g/mol. The van der Waals surface area contributed by atoms with Crippen molar-refractivity contribution in [3.8, 4) is 0 Å². The Morgan fingerprint density at radius 1 is 0.971 bits per heavy atom. The summed E-state index contributed by atoms with van der Waals surface area (Å²) in [7, 11) is -2.04. The average molecular weight is 597 g/mol. The molecule has 3 N–H and O–H groups in total. The number of amides is 1. The molecule has 0 aliphatic heterocycles. The molecular formula is C26H41N3O3S2Y-2. The van der Waals surface area contributed by atoms with Gasteiger partial charge in [-0.1, -0.05) is 78.8 Å². The van der Waals surface area contributed by atoms with E-state index in [9.17, 15) is 13.2 Å². The van der Waals surface area contributed by atoms with E-state index in [0.29, 0.717) is 11.1 Å². The van der Waals surface area contributed by atoms with Crippen molar-refractivity contribution in [1.29, 1.82) is 0 Å². The molecule has 2 aromatic rings. The van der Waals surface area contributed by atoms with Crippen LogP contribution < -0.4 is 10.0 Å². The SMILES string of the molecule is C/C(C([NH-])=O)=C(/C)c1ccccc1.CC.CC.CC.CNC(=S)NS(=O)(=O)c1c[c-]ccc1C.[Y]. The van der Waals surface area contributed by atoms with Crippen LogP contribution in [0.4, 0.5) is 0 Å². The van der Waals surface area contributed by atoms with Crippen LogP contribution in [-0.4, -0.2) is 26.5 Å². The molecule has 6 nitrogen and oxygen atoms in total. The summed E-state index contributed by atoms with van der Waals surface area (Å²) in [5.74, 6) is -0.610. The van der Waals surface area contributed by atoms with E-state index >= 15 is 0 Å². The van der Waals surface area contributed by atoms with Gasteiger partial charge in [0.15, 0.2) is 5.11 Å². The first-order chi connectivity index (χ1) is 16.1. The Balaban J connectivity index is -0.000000222. The molecule has 2 rings (SSSR count). The minimum atomic E-state index is -3.59. The number of sulfonamides is 1. The van der Waals surface area contributed by atoms with E-state index in [4.69, 9.17) is 18.0 Å². The Hall–Kier alpha value is -1.61. The Morgan fingerprint density at radius 2 is 1.46 bits per heavy atom. The smallest absolute Gasteiger partial charge is 0.216 e. The molecule has 2 aromatic carbocycles. The quantitative estimate of drug-likeness (QED) is 0.232. The molecule has 0 aromatic heterocycles. The van der Waals surface area contributed by atoms with Gasteiger partial charge in [0.1, 0.15) is 0 Å². The maximum atomic E-state index is 11.8. The molecule has 0 aliphatic rings. The summed E-state index contributed by atoms with van der Waals surface area (Å²) in [4.78, 5) is 11.0. The van der Waals surface area contributed by atoms with Gasteiger partial charge in [0.25, 0.3) is 0 Å². The summed E-state index contributed by atoms with van der Waals surface area (Å²) < 4.78 is 25.8. The molecule has 195 valence electrons. The number of hydrogen-bond acceptors (Lipinski definition) is 4. The third-order valence-electron chi connectivity index (χ3n) is 3.89. The van der Waals surface area contributed by atoms with E-state index in [1.54, 1.807) is 33.0 Å². The summed E-state index contributed by atoms with van der Waals surface area (Å²) in [6.07, 6.45) is 0. The van der Waals surface area contributed by atoms with E-state index in [0.717, 1.165) is 11.1 Å². The van der Waals surface area contributed by atoms with Gasteiger partial charge in [-0.2, -0.15) is 24.3 Å². The molecule has 0 bridgehead atoms. The van der Waals surface area contributed by atoms with E-state index in [1.165, 1.54) is 6.07 Å². The molecule has 0 saturated carbocycles. The molecule has 9 heteroatoms. The number of allylic oxidation sites excluding steroid dienone is 1. The van der Waals surface area contributed by atoms with Gasteiger partial charge >= 0.3 is 0 Å². The second-order valence-corrected chi connectivity index (χ2v) is 7.88. The molecule has 1 radical (unpaired) electrons. The van der Waals surface area contributed by atoms with Gasteiger partial charge < -0.3 is 15.8 Å². The first kappa shape index (κ1) is 40.6. The molecule has 0 aliphatic carbocycles. The van der Waals surface area contributed by atoms with E-state index in [2.05, 4.69) is 16.1 Å². The van der Waals surface area contributed by atoms with Crippen LogP contribution in [0.15, 0.2) is 59.0 Å². The third kappa shape index (κ3) is 16.7. The van der Waals surface area contributed by atoms with Crippen LogP contribution in [0.3, 0.4) is 0 Å². The summed E-state index contributed by atoms with van der Waals surface area (Å²) >= 11 is 4.74. The monoisotopic (exact) mass is 596 g/mol. The van der Waals surface area contributed by atoms with Crippen LogP contribution in [0.2, 0.25) is 0 Å². The van der Waals surface area contributed by atoms with Crippen LogP contribution >= 0.6 is 12.2 Å². The molecule has 35 heavy (non-hydrogen) atoms. The zero-order valence-electron chi connectivity index (χ0n) is 22.7. The largest absolute Gasteiger partial charge is 0.664 e. The third-order valence-corrected chi connectivity index (χ3v) is 5.81. The number of benzene rings is 2. The second kappa shape index (κ2) is 24.1. The van der Waals surface area contributed by atoms with Crippen LogP contribution in [0, 0.1) is 13.0 Å². The van der Waals surface area contributed by atoms with Crippen molar-refractivity contribution in [2.24, 2.45) is 0 Å². The number of thiocarbonyl (C=S) groups is 1. The first-order valence-electron chi connectivity index (χ1n) is 11.3. The number of rotatable bonds is 4. The maximum Gasteiger partial charge on any atom is 0.216 e. The molecule has 0 atom stereocenters. The van der Waals surface area contributed by atoms with Crippen molar-refractivity contribution in [3.63, 3.8) is 0 Å². The van der Waals surface area contributed by atoms with Crippen LogP contribution in [0.5, 0.6) is 0 Å². The van der Waals surface area contributed by atoms with Crippen LogP contribution in [-0.2, 0) is 47.5 Å². The fraction of sp³-hybridized carbons (Fsp3) is 0.385. The van der Waals surface area contributed by atoms with Crippen molar-refractivity contribution in [1.82, 2.24) is 10.0 Å². The Labute approximate surface area is 244 Å². The van der Waals surface area contributed by atoms with E-state index in [-0.39, 0.29) is 42.7 Å². The Kier molecular flexibility index (Phi) is 27.9. The number of hydrogen-bond donors (Lipinski definition) is 2. The average Bonchev–Trinajstić information content (AvgIpc) is 2.87. The van der Waals surface area contributed by atoms with Gasteiger partial charge in [-0.15, -0.1) is 5.56 Å². The van der Waals surface area contributed by atoms with Gasteiger partial charge in [-0.05, 0) is 47.7 Å². The number of carbonyl (C=O) groups is 1. The molecule has 0 spiro atoms. The standard InChI is InChI=1S/C11H13NO.C9H11N2O2S2.3C2H6.Y/c1-8(9(2)11(12)13)10-6-4-3-5-7-10;1-7-5-3-4-6-8(7)15(12,13)11-9(14)10-2;3*1-2;/h3-7H,1-2H3,(H2,12,13);3,5-6H,1-2H3,(H2,10,11,14);3*1-2H3;/q;-1;;;;/p-1/b9-8+;;;;;. The molecule has 0 unspecified atom stereocenters. The van der Waals surface area contributed by atoms with Crippen molar-refractivity contribution in [3.05, 3.63) is 77.0 Å². The topological polar surface area (TPSA) is 99.1 Å². The fourth-order valence-corrected chi connectivity index (χ4v) is 3.59. The van der Waals surface area contributed by atoms with Crippen molar-refractivity contribution >= 4 is 38.8 Å². The van der Waals surface area contributed by atoms with Gasteiger partial charge in [0.05, 0.1) is 5.91 Å². The van der Waals surface area contributed by atoms with Gasteiger partial charge in [-0.25, -0.2) is 8.42 Å². The Morgan fingerprint density at radius 3 is 1.86 bits per heavy atom. The fourth-order valence-electron chi connectivity index (χ4n) is 2.09. The van der Waals surface area contributed by atoms with Crippen molar-refractivity contribution in [2.45, 2.75) is 67.2 Å². The van der Waals surface area contributed by atoms with Crippen molar-refractivity contribution < 1.29 is 45.9 Å². The maximum absolute atomic E-state index is 11.8. The summed E-state index contributed by atoms with van der Waals surface area (Å²) in [6, 6.07) is 17.1. The van der Waals surface area contributed by atoms with Crippen LogP contribution in [0.1, 0.15) is 66.5 Å². The molecule has 0 saturated heterocycles. The summed E-state index contributed by atoms with van der Waals surface area (Å²) in [5, 5.41) is 2.61. The summed E-state index contributed by atoms with van der Waals surface area (Å²) in [6.45, 7) is 17.2. The minimum Gasteiger partial charge on any atom is -0.664 e. The van der Waals surface area contributed by atoms with E-state index < -0.39 is 15.9 Å². The van der Waals surface area contributed by atoms with E-state index in [1.807, 2.05) is 78.8 Å². The van der Waals surface area contributed by atoms with Crippen LogP contribution in [0.25, 0.3) is 11.3 Å². The zero-order chi connectivity index (χ0) is 27.3. The molecule has 0 heterocycles.